The van der Waals surface area contributed by atoms with E-state index in [1.165, 1.54) is 25.7 Å². The van der Waals surface area contributed by atoms with E-state index in [0.717, 1.165) is 24.0 Å². The number of sulfonamides is 1. The molecular formula is C20H27N3O3S. The van der Waals surface area contributed by atoms with E-state index in [4.69, 9.17) is 4.42 Å². The van der Waals surface area contributed by atoms with E-state index in [0.29, 0.717) is 22.6 Å². The first-order valence-corrected chi connectivity index (χ1v) is 11.2. The third kappa shape index (κ3) is 3.95. The molecule has 0 bridgehead atoms. The van der Waals surface area contributed by atoms with Crippen LogP contribution in [-0.4, -0.2) is 31.5 Å². The Morgan fingerprint density at radius 3 is 2.44 bits per heavy atom. The Morgan fingerprint density at radius 2 is 1.81 bits per heavy atom. The third-order valence-electron chi connectivity index (χ3n) is 5.77. The molecule has 2 aliphatic rings. The number of benzene rings is 1. The van der Waals surface area contributed by atoms with Gasteiger partial charge >= 0.3 is 0 Å². The smallest absolute Gasteiger partial charge is 0.241 e. The molecule has 6 nitrogen and oxygen atoms in total. The van der Waals surface area contributed by atoms with Gasteiger partial charge in [0.05, 0.1) is 11.1 Å². The maximum atomic E-state index is 13.0. The van der Waals surface area contributed by atoms with Gasteiger partial charge in [-0.05, 0) is 44.2 Å². The van der Waals surface area contributed by atoms with Crippen molar-refractivity contribution in [3.8, 4) is 11.3 Å². The Morgan fingerprint density at radius 1 is 1.07 bits per heavy atom. The highest BCUT2D eigenvalue weighted by molar-refractivity contribution is 7.89. The van der Waals surface area contributed by atoms with E-state index in [1.807, 2.05) is 19.1 Å². The molecule has 2 N–H and O–H groups in total. The average Bonchev–Trinajstić information content (AvgIpc) is 3.29. The number of aromatic nitrogens is 1. The molecule has 1 aromatic carbocycles. The summed E-state index contributed by atoms with van der Waals surface area (Å²) in [5.74, 6) is 1.14. The maximum Gasteiger partial charge on any atom is 0.241 e. The van der Waals surface area contributed by atoms with Crippen LogP contribution in [0.15, 0.2) is 33.7 Å². The molecule has 1 aromatic heterocycles. The van der Waals surface area contributed by atoms with Crippen molar-refractivity contribution >= 4 is 10.0 Å². The van der Waals surface area contributed by atoms with E-state index in [-0.39, 0.29) is 12.1 Å². The second-order valence-electron chi connectivity index (χ2n) is 7.78. The number of rotatable bonds is 6. The molecule has 2 saturated carbocycles. The summed E-state index contributed by atoms with van der Waals surface area (Å²) in [5, 5.41) is 3.64. The molecule has 27 heavy (non-hydrogen) atoms. The van der Waals surface area contributed by atoms with Gasteiger partial charge in [0, 0.05) is 30.6 Å². The summed E-state index contributed by atoms with van der Waals surface area (Å²) in [6.07, 6.45) is 8.48. The highest BCUT2D eigenvalue weighted by Gasteiger charge is 2.36. The van der Waals surface area contributed by atoms with Crippen LogP contribution in [0.2, 0.25) is 0 Å². The van der Waals surface area contributed by atoms with E-state index >= 15 is 0 Å². The summed E-state index contributed by atoms with van der Waals surface area (Å²) < 4.78 is 34.6. The van der Waals surface area contributed by atoms with Crippen LogP contribution in [0.3, 0.4) is 0 Å². The summed E-state index contributed by atoms with van der Waals surface area (Å²) >= 11 is 0. The van der Waals surface area contributed by atoms with Crippen molar-refractivity contribution in [1.82, 2.24) is 15.0 Å². The Hall–Kier alpha value is -1.70. The number of oxazole rings is 1. The number of nitrogens with one attached hydrogen (secondary N) is 2. The quantitative estimate of drug-likeness (QED) is 0.792. The van der Waals surface area contributed by atoms with Crippen LogP contribution in [-0.2, 0) is 10.0 Å². The highest BCUT2D eigenvalue weighted by Crippen LogP contribution is 2.29. The minimum absolute atomic E-state index is 0.0359. The van der Waals surface area contributed by atoms with Gasteiger partial charge in [0.2, 0.25) is 10.0 Å². The largest absolute Gasteiger partial charge is 0.441 e. The van der Waals surface area contributed by atoms with Gasteiger partial charge in [-0.3, -0.25) is 0 Å². The first-order valence-electron chi connectivity index (χ1n) is 9.74. The summed E-state index contributed by atoms with van der Waals surface area (Å²) in [6.45, 7) is 3.59. The van der Waals surface area contributed by atoms with Crippen LogP contribution in [0.25, 0.3) is 11.3 Å². The predicted octanol–water partition coefficient (Wildman–Crippen LogP) is 3.30. The van der Waals surface area contributed by atoms with Crippen molar-refractivity contribution in [2.75, 3.05) is 0 Å². The number of nitrogens with zero attached hydrogens (tertiary/aromatic N) is 1. The van der Waals surface area contributed by atoms with Crippen molar-refractivity contribution < 1.29 is 12.8 Å². The molecule has 4 rings (SSSR count). The van der Waals surface area contributed by atoms with Crippen LogP contribution in [0.4, 0.5) is 0 Å². The number of hydrogen-bond acceptors (Lipinski definition) is 5. The lowest BCUT2D eigenvalue weighted by atomic mass is 9.86. The molecule has 2 aromatic rings. The second-order valence-corrected chi connectivity index (χ2v) is 9.47. The lowest BCUT2D eigenvalue weighted by Gasteiger charge is -2.39. The molecule has 0 amide bonds. The monoisotopic (exact) mass is 389 g/mol. The van der Waals surface area contributed by atoms with Crippen LogP contribution in [0.1, 0.15) is 50.0 Å². The molecule has 0 aliphatic heterocycles. The average molecular weight is 390 g/mol. The fraction of sp³-hybridized carbons (Fsp3) is 0.550. The topological polar surface area (TPSA) is 84.2 Å². The molecular weight excluding hydrogens is 362 g/mol. The molecule has 0 radical (unpaired) electrons. The van der Waals surface area contributed by atoms with Gasteiger partial charge in [-0.25, -0.2) is 18.1 Å². The Labute approximate surface area is 160 Å². The van der Waals surface area contributed by atoms with Crippen LogP contribution < -0.4 is 10.0 Å². The molecule has 0 spiro atoms. The van der Waals surface area contributed by atoms with Crippen molar-refractivity contribution in [2.24, 2.45) is 0 Å². The maximum absolute atomic E-state index is 13.0. The van der Waals surface area contributed by atoms with Crippen molar-refractivity contribution in [3.05, 3.63) is 35.9 Å². The van der Waals surface area contributed by atoms with Crippen LogP contribution in [0, 0.1) is 13.8 Å². The second kappa shape index (κ2) is 7.37. The standard InChI is InChI=1S/C20H27N3O3S/c1-13-7-8-15(19-12-21-14(2)26-19)11-20(13)27(24,25)23-18-10-9-17(18)22-16-5-3-4-6-16/h7-8,11-12,16-18,22-23H,3-6,9-10H2,1-2H3/t17-,18+/m1/s1. The molecule has 2 fully saturated rings. The van der Waals surface area contributed by atoms with E-state index in [1.54, 1.807) is 19.2 Å². The molecule has 146 valence electrons. The molecule has 0 saturated heterocycles. The molecule has 7 heteroatoms. The Balaban J connectivity index is 1.51. The summed E-state index contributed by atoms with van der Waals surface area (Å²) in [4.78, 5) is 4.40. The fourth-order valence-electron chi connectivity index (χ4n) is 4.04. The van der Waals surface area contributed by atoms with Gasteiger partial charge in [0.1, 0.15) is 0 Å². The lowest BCUT2D eigenvalue weighted by Crippen LogP contribution is -2.58. The van der Waals surface area contributed by atoms with Crippen molar-refractivity contribution in [2.45, 2.75) is 75.4 Å². The first kappa shape index (κ1) is 18.7. The van der Waals surface area contributed by atoms with Gasteiger partial charge in [-0.1, -0.05) is 25.0 Å². The molecule has 0 unspecified atom stereocenters. The first-order chi connectivity index (χ1) is 12.9. The van der Waals surface area contributed by atoms with Crippen molar-refractivity contribution in [3.63, 3.8) is 0 Å². The number of hydrogen-bond donors (Lipinski definition) is 2. The van der Waals surface area contributed by atoms with Crippen LogP contribution >= 0.6 is 0 Å². The molecule has 1 heterocycles. The SMILES string of the molecule is Cc1ncc(-c2ccc(C)c(S(=O)(=O)N[C@H]3CC[C@H]3NC3CCCC3)c2)o1. The zero-order valence-electron chi connectivity index (χ0n) is 15.9. The van der Waals surface area contributed by atoms with Gasteiger partial charge in [0.25, 0.3) is 0 Å². The minimum atomic E-state index is -3.59. The lowest BCUT2D eigenvalue weighted by molar-refractivity contribution is 0.243. The Kier molecular flexibility index (Phi) is 5.09. The molecule has 2 aliphatic carbocycles. The van der Waals surface area contributed by atoms with E-state index in [2.05, 4.69) is 15.0 Å². The fourth-order valence-corrected chi connectivity index (χ4v) is 5.62. The summed E-state index contributed by atoms with van der Waals surface area (Å²) in [6, 6.07) is 6.10. The van der Waals surface area contributed by atoms with Crippen molar-refractivity contribution in [1.29, 1.82) is 0 Å². The predicted molar refractivity (Wildman–Crippen MR) is 104 cm³/mol. The number of aryl methyl sites for hydroxylation is 2. The van der Waals surface area contributed by atoms with Gasteiger partial charge in [-0.15, -0.1) is 0 Å². The zero-order chi connectivity index (χ0) is 19.0. The van der Waals surface area contributed by atoms with Gasteiger partial charge < -0.3 is 9.73 Å². The molecule has 2 atom stereocenters. The van der Waals surface area contributed by atoms with Gasteiger partial charge in [-0.2, -0.15) is 0 Å². The van der Waals surface area contributed by atoms with E-state index in [9.17, 15) is 8.42 Å². The zero-order valence-corrected chi connectivity index (χ0v) is 16.7. The Bertz CT molecular complexity index is 916. The summed E-state index contributed by atoms with van der Waals surface area (Å²) in [7, 11) is -3.59. The van der Waals surface area contributed by atoms with Crippen LogP contribution in [0.5, 0.6) is 0 Å². The minimum Gasteiger partial charge on any atom is -0.441 e. The van der Waals surface area contributed by atoms with E-state index < -0.39 is 10.0 Å². The van der Waals surface area contributed by atoms with Gasteiger partial charge in [0.15, 0.2) is 11.7 Å². The summed E-state index contributed by atoms with van der Waals surface area (Å²) in [5.41, 5.74) is 1.44. The highest BCUT2D eigenvalue weighted by atomic mass is 32.2. The third-order valence-corrected chi connectivity index (χ3v) is 7.40. The normalized spacial score (nSPS) is 23.5.